The number of halogens is 3. The maximum atomic E-state index is 12.1. The van der Waals surface area contributed by atoms with Gasteiger partial charge in [0, 0.05) is 13.1 Å². The normalized spacial score (nSPS) is 20.0. The lowest BCUT2D eigenvalue weighted by Gasteiger charge is -2.17. The third-order valence-corrected chi connectivity index (χ3v) is 4.00. The summed E-state index contributed by atoms with van der Waals surface area (Å²) in [6.07, 6.45) is -4.23. The van der Waals surface area contributed by atoms with E-state index in [4.69, 9.17) is 0 Å². The molecule has 5 nitrogen and oxygen atoms in total. The molecule has 1 aromatic rings. The number of nitrogens with one attached hydrogen (secondary N) is 1. The Labute approximate surface area is 138 Å². The van der Waals surface area contributed by atoms with Crippen molar-refractivity contribution in [2.75, 3.05) is 19.6 Å². The lowest BCUT2D eigenvalue weighted by atomic mass is 10.0. The van der Waals surface area contributed by atoms with Crippen molar-refractivity contribution in [3.8, 4) is 5.75 Å². The Balaban J connectivity index is 1.74. The Morgan fingerprint density at radius 1 is 1.42 bits per heavy atom. The van der Waals surface area contributed by atoms with E-state index < -0.39 is 6.36 Å². The number of aliphatic hydroxyl groups excluding tert-OH is 1. The van der Waals surface area contributed by atoms with E-state index in [1.54, 1.807) is 6.92 Å². The maximum absolute atomic E-state index is 12.1. The Morgan fingerprint density at radius 2 is 2.08 bits per heavy atom. The number of rotatable bonds is 6. The number of hydrogen-bond donors (Lipinski definition) is 2. The van der Waals surface area contributed by atoms with Crippen molar-refractivity contribution in [2.45, 2.75) is 32.4 Å². The molecule has 0 radical (unpaired) electrons. The summed E-state index contributed by atoms with van der Waals surface area (Å²) in [5.74, 6) is -0.255. The molecule has 0 bridgehead atoms. The van der Waals surface area contributed by atoms with Crippen LogP contribution in [0, 0.1) is 5.92 Å². The first kappa shape index (κ1) is 18.5. The Bertz CT molecular complexity index is 546. The van der Waals surface area contributed by atoms with Gasteiger partial charge in [0.1, 0.15) is 5.75 Å². The fraction of sp³-hybridized carbons (Fsp3) is 0.562. The van der Waals surface area contributed by atoms with Crippen LogP contribution < -0.4 is 10.1 Å². The molecule has 0 aliphatic carbocycles. The summed E-state index contributed by atoms with van der Waals surface area (Å²) in [4.78, 5) is 13.9. The van der Waals surface area contributed by atoms with Crippen molar-refractivity contribution in [3.05, 3.63) is 29.8 Å². The summed E-state index contributed by atoms with van der Waals surface area (Å²) in [6, 6.07) is 5.37. The molecule has 1 heterocycles. The zero-order chi connectivity index (χ0) is 17.7. The van der Waals surface area contributed by atoms with Crippen LogP contribution in [0.15, 0.2) is 24.3 Å². The zero-order valence-corrected chi connectivity index (χ0v) is 13.3. The van der Waals surface area contributed by atoms with E-state index in [1.807, 2.05) is 4.90 Å². The molecule has 8 heteroatoms. The highest BCUT2D eigenvalue weighted by atomic mass is 19.4. The standard InChI is InChI=1S/C16H21F3N2O3/c1-11(22)13-6-7-21(9-13)10-15(23)20-8-12-2-4-14(5-3-12)24-16(17,18)19/h2-5,11,13,22H,6-10H2,1H3,(H,20,23). The van der Waals surface area contributed by atoms with Gasteiger partial charge >= 0.3 is 6.36 Å². The molecular formula is C16H21F3N2O3. The first-order chi connectivity index (χ1) is 11.2. The monoisotopic (exact) mass is 346 g/mol. The Kier molecular flexibility index (Phi) is 6.06. The number of carbonyl (C=O) groups is 1. The average Bonchev–Trinajstić information content (AvgIpc) is 2.93. The highest BCUT2D eigenvalue weighted by Crippen LogP contribution is 2.22. The summed E-state index contributed by atoms with van der Waals surface area (Å²) in [5.41, 5.74) is 0.682. The fourth-order valence-corrected chi connectivity index (χ4v) is 2.67. The van der Waals surface area contributed by atoms with Crippen molar-refractivity contribution in [1.29, 1.82) is 0 Å². The smallest absolute Gasteiger partial charge is 0.406 e. The predicted octanol–water partition coefficient (Wildman–Crippen LogP) is 1.90. The van der Waals surface area contributed by atoms with Crippen LogP contribution in [0.2, 0.25) is 0 Å². The van der Waals surface area contributed by atoms with E-state index in [-0.39, 0.29) is 36.8 Å². The van der Waals surface area contributed by atoms with Crippen molar-refractivity contribution < 1.29 is 27.8 Å². The second-order valence-corrected chi connectivity index (χ2v) is 5.99. The van der Waals surface area contributed by atoms with Crippen LogP contribution in [0.3, 0.4) is 0 Å². The van der Waals surface area contributed by atoms with Gasteiger partial charge in [-0.25, -0.2) is 0 Å². The molecule has 0 aromatic heterocycles. The van der Waals surface area contributed by atoms with Crippen LogP contribution in [-0.4, -0.2) is 48.0 Å². The minimum Gasteiger partial charge on any atom is -0.406 e. The largest absolute Gasteiger partial charge is 0.573 e. The molecule has 1 saturated heterocycles. The van der Waals surface area contributed by atoms with Gasteiger partial charge in [0.2, 0.25) is 5.91 Å². The van der Waals surface area contributed by atoms with Crippen molar-refractivity contribution in [3.63, 3.8) is 0 Å². The summed E-state index contributed by atoms with van der Waals surface area (Å²) in [7, 11) is 0. The van der Waals surface area contributed by atoms with Gasteiger partial charge in [0.05, 0.1) is 12.6 Å². The fourth-order valence-electron chi connectivity index (χ4n) is 2.67. The lowest BCUT2D eigenvalue weighted by molar-refractivity contribution is -0.274. The molecule has 2 atom stereocenters. The number of benzene rings is 1. The van der Waals surface area contributed by atoms with Gasteiger partial charge in [-0.05, 0) is 43.5 Å². The number of amides is 1. The SMILES string of the molecule is CC(O)C1CCN(CC(=O)NCc2ccc(OC(F)(F)F)cc2)C1. The van der Waals surface area contributed by atoms with Gasteiger partial charge in [-0.3, -0.25) is 9.69 Å². The highest BCUT2D eigenvalue weighted by molar-refractivity contribution is 5.78. The molecule has 1 aliphatic heterocycles. The maximum Gasteiger partial charge on any atom is 0.573 e. The number of nitrogens with zero attached hydrogens (tertiary/aromatic N) is 1. The van der Waals surface area contributed by atoms with E-state index in [2.05, 4.69) is 10.1 Å². The molecule has 24 heavy (non-hydrogen) atoms. The molecular weight excluding hydrogens is 325 g/mol. The lowest BCUT2D eigenvalue weighted by Crippen LogP contribution is -2.36. The molecule has 0 saturated carbocycles. The number of likely N-dealkylation sites (tertiary alicyclic amines) is 1. The minimum absolute atomic E-state index is 0.156. The molecule has 1 aliphatic rings. The van der Waals surface area contributed by atoms with Crippen LogP contribution in [-0.2, 0) is 11.3 Å². The number of hydrogen-bond acceptors (Lipinski definition) is 4. The molecule has 134 valence electrons. The minimum atomic E-state index is -4.71. The molecule has 1 aromatic carbocycles. The molecule has 0 spiro atoms. The first-order valence-electron chi connectivity index (χ1n) is 7.75. The number of carbonyl (C=O) groups excluding carboxylic acids is 1. The van der Waals surface area contributed by atoms with E-state index >= 15 is 0 Å². The average molecular weight is 346 g/mol. The predicted molar refractivity (Wildman–Crippen MR) is 81.2 cm³/mol. The van der Waals surface area contributed by atoms with Crippen molar-refractivity contribution in [1.82, 2.24) is 10.2 Å². The van der Waals surface area contributed by atoms with Gasteiger partial charge < -0.3 is 15.2 Å². The molecule has 1 amide bonds. The Hall–Kier alpha value is -1.80. The summed E-state index contributed by atoms with van der Waals surface area (Å²) >= 11 is 0. The molecule has 2 N–H and O–H groups in total. The third-order valence-electron chi connectivity index (χ3n) is 4.00. The summed E-state index contributed by atoms with van der Waals surface area (Å²) in [5, 5.41) is 12.3. The quantitative estimate of drug-likeness (QED) is 0.826. The zero-order valence-electron chi connectivity index (χ0n) is 13.3. The topological polar surface area (TPSA) is 61.8 Å². The van der Waals surface area contributed by atoms with Gasteiger partial charge in [0.25, 0.3) is 0 Å². The Morgan fingerprint density at radius 3 is 2.62 bits per heavy atom. The van der Waals surface area contributed by atoms with Crippen molar-refractivity contribution in [2.24, 2.45) is 5.92 Å². The van der Waals surface area contributed by atoms with Crippen LogP contribution in [0.4, 0.5) is 13.2 Å². The van der Waals surface area contributed by atoms with Crippen LogP contribution >= 0.6 is 0 Å². The highest BCUT2D eigenvalue weighted by Gasteiger charge is 2.31. The molecule has 2 rings (SSSR count). The number of aliphatic hydroxyl groups is 1. The second kappa shape index (κ2) is 7.85. The van der Waals surface area contributed by atoms with E-state index in [9.17, 15) is 23.1 Å². The van der Waals surface area contributed by atoms with Crippen LogP contribution in [0.25, 0.3) is 0 Å². The number of alkyl halides is 3. The van der Waals surface area contributed by atoms with Crippen molar-refractivity contribution >= 4 is 5.91 Å². The van der Waals surface area contributed by atoms with Gasteiger partial charge in [0.15, 0.2) is 0 Å². The van der Waals surface area contributed by atoms with E-state index in [1.165, 1.54) is 24.3 Å². The summed E-state index contributed by atoms with van der Waals surface area (Å²) in [6.45, 7) is 3.69. The first-order valence-corrected chi connectivity index (χ1v) is 7.75. The second-order valence-electron chi connectivity index (χ2n) is 5.99. The van der Waals surface area contributed by atoms with E-state index in [0.717, 1.165) is 13.0 Å². The van der Waals surface area contributed by atoms with Gasteiger partial charge in [-0.15, -0.1) is 13.2 Å². The molecule has 1 fully saturated rings. The van der Waals surface area contributed by atoms with Crippen LogP contribution in [0.5, 0.6) is 5.75 Å². The summed E-state index contributed by atoms with van der Waals surface area (Å²) < 4.78 is 40.0. The van der Waals surface area contributed by atoms with Crippen LogP contribution in [0.1, 0.15) is 18.9 Å². The van der Waals surface area contributed by atoms with Gasteiger partial charge in [-0.1, -0.05) is 12.1 Å². The molecule has 2 unspecified atom stereocenters. The number of ether oxygens (including phenoxy) is 1. The third kappa shape index (κ3) is 6.01. The van der Waals surface area contributed by atoms with E-state index in [0.29, 0.717) is 12.1 Å². The van der Waals surface area contributed by atoms with Gasteiger partial charge in [-0.2, -0.15) is 0 Å².